The summed E-state index contributed by atoms with van der Waals surface area (Å²) in [7, 11) is 0. The molecule has 2 N–H and O–H groups in total. The average Bonchev–Trinajstić information content (AvgIpc) is 2.66. The standard InChI is InChI=1S/C13H17F3N2O2/c14-13(15,16)8-17-12(20)7-18-5-9-3-1-2-4-11(19)10(9)6-18/h5-6,11,19H,1-4,7-8H2,(H,17,20). The number of fused-ring (bicyclic) bond motifs is 1. The van der Waals surface area contributed by atoms with Crippen molar-refractivity contribution in [3.05, 3.63) is 23.5 Å². The monoisotopic (exact) mass is 290 g/mol. The number of aryl methyl sites for hydroxylation is 1. The first kappa shape index (κ1) is 14.9. The third-order valence-corrected chi connectivity index (χ3v) is 3.34. The second-order valence-corrected chi connectivity index (χ2v) is 5.06. The Morgan fingerprint density at radius 2 is 2.15 bits per heavy atom. The van der Waals surface area contributed by atoms with Crippen LogP contribution < -0.4 is 5.32 Å². The van der Waals surface area contributed by atoms with Crippen molar-refractivity contribution in [2.75, 3.05) is 6.54 Å². The van der Waals surface area contributed by atoms with Crippen molar-refractivity contribution in [2.24, 2.45) is 0 Å². The normalized spacial score (nSPS) is 19.3. The Morgan fingerprint density at radius 1 is 1.40 bits per heavy atom. The number of halogens is 3. The highest BCUT2D eigenvalue weighted by atomic mass is 19.4. The number of carbonyl (C=O) groups excluding carboxylic acids is 1. The van der Waals surface area contributed by atoms with Crippen molar-refractivity contribution >= 4 is 5.91 Å². The van der Waals surface area contributed by atoms with Crippen LogP contribution in [0.3, 0.4) is 0 Å². The molecule has 112 valence electrons. The van der Waals surface area contributed by atoms with Crippen LogP contribution in [-0.4, -0.2) is 28.3 Å². The molecule has 1 aliphatic carbocycles. The van der Waals surface area contributed by atoms with Gasteiger partial charge in [-0.05, 0) is 24.8 Å². The first-order chi connectivity index (χ1) is 9.35. The molecule has 4 nitrogen and oxygen atoms in total. The van der Waals surface area contributed by atoms with Gasteiger partial charge in [0.1, 0.15) is 13.1 Å². The Balaban J connectivity index is 1.97. The van der Waals surface area contributed by atoms with Crippen molar-refractivity contribution in [2.45, 2.75) is 44.5 Å². The number of alkyl halides is 3. The smallest absolute Gasteiger partial charge is 0.388 e. The fourth-order valence-electron chi connectivity index (χ4n) is 2.40. The summed E-state index contributed by atoms with van der Waals surface area (Å²) in [6.45, 7) is -1.49. The van der Waals surface area contributed by atoms with Crippen LogP contribution in [0.5, 0.6) is 0 Å². The Kier molecular flexibility index (Phi) is 4.37. The fraction of sp³-hybridized carbons (Fsp3) is 0.615. The lowest BCUT2D eigenvalue weighted by Gasteiger charge is -2.09. The summed E-state index contributed by atoms with van der Waals surface area (Å²) in [5.41, 5.74) is 1.75. The number of nitrogens with zero attached hydrogens (tertiary/aromatic N) is 1. The van der Waals surface area contributed by atoms with Gasteiger partial charge in [-0.3, -0.25) is 4.79 Å². The Labute approximate surface area is 114 Å². The van der Waals surface area contributed by atoms with E-state index in [0.29, 0.717) is 6.42 Å². The molecule has 0 saturated carbocycles. The summed E-state index contributed by atoms with van der Waals surface area (Å²) < 4.78 is 37.5. The summed E-state index contributed by atoms with van der Waals surface area (Å²) in [5.74, 6) is -0.693. The molecule has 1 atom stereocenters. The van der Waals surface area contributed by atoms with E-state index in [-0.39, 0.29) is 6.54 Å². The van der Waals surface area contributed by atoms with Crippen LogP contribution in [-0.2, 0) is 17.8 Å². The highest BCUT2D eigenvalue weighted by Crippen LogP contribution is 2.29. The van der Waals surface area contributed by atoms with E-state index < -0.39 is 24.7 Å². The molecule has 1 amide bonds. The SMILES string of the molecule is O=C(Cn1cc2c(c1)C(O)CCCC2)NCC(F)(F)F. The van der Waals surface area contributed by atoms with Crippen molar-refractivity contribution < 1.29 is 23.1 Å². The maximum absolute atomic E-state index is 12.0. The van der Waals surface area contributed by atoms with Gasteiger partial charge in [-0.25, -0.2) is 0 Å². The number of aliphatic hydroxyl groups is 1. The minimum absolute atomic E-state index is 0.171. The number of hydrogen-bond acceptors (Lipinski definition) is 2. The van der Waals surface area contributed by atoms with E-state index in [9.17, 15) is 23.1 Å². The predicted octanol–water partition coefficient (Wildman–Crippen LogP) is 1.93. The lowest BCUT2D eigenvalue weighted by atomic mass is 10.1. The second kappa shape index (κ2) is 5.87. The summed E-state index contributed by atoms with van der Waals surface area (Å²) in [5, 5.41) is 11.8. The number of hydrogen-bond donors (Lipinski definition) is 2. The van der Waals surface area contributed by atoms with Crippen molar-refractivity contribution in [1.82, 2.24) is 9.88 Å². The molecule has 0 spiro atoms. The number of rotatable bonds is 3. The van der Waals surface area contributed by atoms with E-state index in [4.69, 9.17) is 0 Å². The number of aromatic nitrogens is 1. The van der Waals surface area contributed by atoms with Gasteiger partial charge in [-0.1, -0.05) is 6.42 Å². The van der Waals surface area contributed by atoms with Crippen LogP contribution in [0.1, 0.15) is 36.5 Å². The van der Waals surface area contributed by atoms with Crippen molar-refractivity contribution in [3.8, 4) is 0 Å². The number of carbonyl (C=O) groups is 1. The van der Waals surface area contributed by atoms with Crippen molar-refractivity contribution in [3.63, 3.8) is 0 Å². The second-order valence-electron chi connectivity index (χ2n) is 5.06. The van der Waals surface area contributed by atoms with Gasteiger partial charge in [0.15, 0.2) is 0 Å². The zero-order valence-corrected chi connectivity index (χ0v) is 10.9. The van der Waals surface area contributed by atoms with E-state index in [1.807, 2.05) is 5.32 Å². The van der Waals surface area contributed by atoms with Crippen LogP contribution in [0.2, 0.25) is 0 Å². The molecule has 0 radical (unpaired) electrons. The van der Waals surface area contributed by atoms with E-state index >= 15 is 0 Å². The maximum Gasteiger partial charge on any atom is 0.405 e. The zero-order chi connectivity index (χ0) is 14.8. The first-order valence-electron chi connectivity index (χ1n) is 6.55. The Bertz CT molecular complexity index is 482. The van der Waals surface area contributed by atoms with Gasteiger partial charge >= 0.3 is 6.18 Å². The molecule has 0 aromatic carbocycles. The van der Waals surface area contributed by atoms with Crippen LogP contribution in [0.15, 0.2) is 12.4 Å². The third kappa shape index (κ3) is 4.00. The van der Waals surface area contributed by atoms with Crippen LogP contribution in [0, 0.1) is 0 Å². The number of aliphatic hydroxyl groups excluding tert-OH is 1. The van der Waals surface area contributed by atoms with Gasteiger partial charge in [0, 0.05) is 18.0 Å². The molecule has 0 saturated heterocycles. The Morgan fingerprint density at radius 3 is 2.85 bits per heavy atom. The lowest BCUT2D eigenvalue weighted by Crippen LogP contribution is -2.35. The average molecular weight is 290 g/mol. The molecule has 1 unspecified atom stereocenters. The molecule has 20 heavy (non-hydrogen) atoms. The topological polar surface area (TPSA) is 54.3 Å². The predicted molar refractivity (Wildman–Crippen MR) is 66.0 cm³/mol. The van der Waals surface area contributed by atoms with Gasteiger partial charge in [0.05, 0.1) is 6.10 Å². The van der Waals surface area contributed by atoms with Gasteiger partial charge in [0.25, 0.3) is 0 Å². The maximum atomic E-state index is 12.0. The largest absolute Gasteiger partial charge is 0.405 e. The van der Waals surface area contributed by atoms with Gasteiger partial charge in [0.2, 0.25) is 5.91 Å². The third-order valence-electron chi connectivity index (χ3n) is 3.34. The van der Waals surface area contributed by atoms with E-state index in [2.05, 4.69) is 0 Å². The van der Waals surface area contributed by atoms with Crippen LogP contribution in [0.4, 0.5) is 13.2 Å². The molecule has 7 heteroatoms. The molecule has 0 aliphatic heterocycles. The van der Waals surface area contributed by atoms with E-state index in [1.165, 1.54) is 4.57 Å². The molecular weight excluding hydrogens is 273 g/mol. The number of amides is 1. The van der Waals surface area contributed by atoms with Gasteiger partial charge < -0.3 is 15.0 Å². The van der Waals surface area contributed by atoms with E-state index in [0.717, 1.165) is 30.4 Å². The van der Waals surface area contributed by atoms with E-state index in [1.54, 1.807) is 12.4 Å². The van der Waals surface area contributed by atoms with Crippen LogP contribution in [0.25, 0.3) is 0 Å². The van der Waals surface area contributed by atoms with Crippen LogP contribution >= 0.6 is 0 Å². The minimum atomic E-state index is -4.40. The quantitative estimate of drug-likeness (QED) is 0.836. The first-order valence-corrected chi connectivity index (χ1v) is 6.55. The highest BCUT2D eigenvalue weighted by molar-refractivity contribution is 5.75. The number of nitrogens with one attached hydrogen (secondary N) is 1. The summed E-state index contributed by atoms with van der Waals surface area (Å²) in [4.78, 5) is 11.4. The molecule has 0 bridgehead atoms. The lowest BCUT2D eigenvalue weighted by molar-refractivity contribution is -0.138. The van der Waals surface area contributed by atoms with Gasteiger partial charge in [-0.15, -0.1) is 0 Å². The summed E-state index contributed by atoms with van der Waals surface area (Å²) in [6.07, 6.45) is 1.85. The summed E-state index contributed by atoms with van der Waals surface area (Å²) >= 11 is 0. The minimum Gasteiger partial charge on any atom is -0.388 e. The molecular formula is C13H17F3N2O2. The highest BCUT2D eigenvalue weighted by Gasteiger charge is 2.27. The molecule has 2 rings (SSSR count). The van der Waals surface area contributed by atoms with Crippen molar-refractivity contribution in [1.29, 1.82) is 0 Å². The molecule has 0 fully saturated rings. The zero-order valence-electron chi connectivity index (χ0n) is 10.9. The summed E-state index contributed by atoms with van der Waals surface area (Å²) in [6, 6.07) is 0. The molecule has 1 aromatic rings. The van der Waals surface area contributed by atoms with Gasteiger partial charge in [-0.2, -0.15) is 13.2 Å². The fourth-order valence-corrected chi connectivity index (χ4v) is 2.40. The molecule has 1 aliphatic rings. The molecule has 1 heterocycles. The Hall–Kier alpha value is -1.50. The molecule has 1 aromatic heterocycles.